The van der Waals surface area contributed by atoms with E-state index in [1.807, 2.05) is 23.7 Å². The Kier molecular flexibility index (Phi) is 4.52. The number of hydrogen-bond donors (Lipinski definition) is 2. The molecule has 0 radical (unpaired) electrons. The standard InChI is InChI=1S/C12H12ClN3S2/c13-8-1-2-10(9(7-8)12(14)17)15-4-3-11-16-5-6-18-11/h1-2,5-7,15H,3-4H2,(H2,14,17). The fraction of sp³-hybridized carbons (Fsp3) is 0.167. The van der Waals surface area contributed by atoms with Gasteiger partial charge in [-0.15, -0.1) is 11.3 Å². The number of nitrogens with one attached hydrogen (secondary N) is 1. The predicted octanol–water partition coefficient (Wildman–Crippen LogP) is 3.09. The molecule has 6 heteroatoms. The molecule has 0 unspecified atom stereocenters. The molecule has 94 valence electrons. The minimum Gasteiger partial charge on any atom is -0.389 e. The van der Waals surface area contributed by atoms with Gasteiger partial charge < -0.3 is 11.1 Å². The van der Waals surface area contributed by atoms with Gasteiger partial charge in [0.25, 0.3) is 0 Å². The Bertz CT molecular complexity index is 540. The van der Waals surface area contributed by atoms with Gasteiger partial charge in [0, 0.05) is 40.8 Å². The zero-order chi connectivity index (χ0) is 13.0. The van der Waals surface area contributed by atoms with E-state index in [4.69, 9.17) is 29.6 Å². The van der Waals surface area contributed by atoms with Crippen molar-refractivity contribution in [3.63, 3.8) is 0 Å². The third-order valence-corrected chi connectivity index (χ3v) is 3.68. The van der Waals surface area contributed by atoms with Crippen LogP contribution in [0, 0.1) is 0 Å². The molecule has 1 aromatic heterocycles. The molecular formula is C12H12ClN3S2. The third kappa shape index (κ3) is 3.41. The van der Waals surface area contributed by atoms with Gasteiger partial charge >= 0.3 is 0 Å². The lowest BCUT2D eigenvalue weighted by Gasteiger charge is -2.10. The average Bonchev–Trinajstić information content (AvgIpc) is 2.84. The van der Waals surface area contributed by atoms with E-state index in [-0.39, 0.29) is 0 Å². The summed E-state index contributed by atoms with van der Waals surface area (Å²) >= 11 is 12.6. The molecule has 0 spiro atoms. The van der Waals surface area contributed by atoms with Crippen LogP contribution < -0.4 is 11.1 Å². The number of thiazole rings is 1. The lowest BCUT2D eigenvalue weighted by Crippen LogP contribution is -2.14. The largest absolute Gasteiger partial charge is 0.389 e. The van der Waals surface area contributed by atoms with Crippen LogP contribution >= 0.6 is 35.2 Å². The lowest BCUT2D eigenvalue weighted by atomic mass is 10.1. The summed E-state index contributed by atoms with van der Waals surface area (Å²) in [5, 5.41) is 7.00. The fourth-order valence-corrected chi connectivity index (χ4v) is 2.52. The second kappa shape index (κ2) is 6.13. The Balaban J connectivity index is 2.02. The van der Waals surface area contributed by atoms with Crippen molar-refractivity contribution in [2.75, 3.05) is 11.9 Å². The maximum Gasteiger partial charge on any atom is 0.106 e. The average molecular weight is 298 g/mol. The highest BCUT2D eigenvalue weighted by Gasteiger charge is 2.06. The maximum absolute atomic E-state index is 5.92. The molecule has 0 saturated carbocycles. The monoisotopic (exact) mass is 297 g/mol. The van der Waals surface area contributed by atoms with E-state index < -0.39 is 0 Å². The highest BCUT2D eigenvalue weighted by Crippen LogP contribution is 2.20. The number of nitrogens with two attached hydrogens (primary N) is 1. The van der Waals surface area contributed by atoms with Gasteiger partial charge in [-0.25, -0.2) is 4.98 Å². The Morgan fingerprint density at radius 3 is 3.00 bits per heavy atom. The molecule has 2 aromatic rings. The van der Waals surface area contributed by atoms with Crippen molar-refractivity contribution in [3.8, 4) is 0 Å². The molecule has 1 heterocycles. The Morgan fingerprint density at radius 2 is 2.33 bits per heavy atom. The number of rotatable bonds is 5. The maximum atomic E-state index is 5.92. The van der Waals surface area contributed by atoms with Crippen LogP contribution in [0.5, 0.6) is 0 Å². The van der Waals surface area contributed by atoms with E-state index >= 15 is 0 Å². The second-order valence-electron chi connectivity index (χ2n) is 3.66. The first kappa shape index (κ1) is 13.3. The van der Waals surface area contributed by atoms with Gasteiger partial charge in [-0.1, -0.05) is 23.8 Å². The lowest BCUT2D eigenvalue weighted by molar-refractivity contribution is 0.998. The quantitative estimate of drug-likeness (QED) is 0.833. The van der Waals surface area contributed by atoms with Crippen molar-refractivity contribution >= 4 is 45.8 Å². The first-order valence-electron chi connectivity index (χ1n) is 5.38. The van der Waals surface area contributed by atoms with Gasteiger partial charge in [-0.3, -0.25) is 0 Å². The third-order valence-electron chi connectivity index (χ3n) is 2.38. The summed E-state index contributed by atoms with van der Waals surface area (Å²) in [6.45, 7) is 0.782. The molecule has 0 bridgehead atoms. The van der Waals surface area contributed by atoms with Crippen molar-refractivity contribution in [2.45, 2.75) is 6.42 Å². The molecule has 0 aliphatic rings. The molecule has 3 N–H and O–H groups in total. The van der Waals surface area contributed by atoms with Crippen LogP contribution in [0.25, 0.3) is 0 Å². The van der Waals surface area contributed by atoms with Crippen LogP contribution in [0.2, 0.25) is 5.02 Å². The highest BCUT2D eigenvalue weighted by molar-refractivity contribution is 7.80. The Hall–Kier alpha value is -1.17. The number of aromatic nitrogens is 1. The molecule has 3 nitrogen and oxygen atoms in total. The smallest absolute Gasteiger partial charge is 0.106 e. The van der Waals surface area contributed by atoms with E-state index in [9.17, 15) is 0 Å². The minimum atomic E-state index is 0.342. The van der Waals surface area contributed by atoms with Crippen molar-refractivity contribution in [3.05, 3.63) is 45.4 Å². The van der Waals surface area contributed by atoms with Crippen LogP contribution in [0.15, 0.2) is 29.8 Å². The number of nitrogens with zero attached hydrogens (tertiary/aromatic N) is 1. The summed E-state index contributed by atoms with van der Waals surface area (Å²) in [5.74, 6) is 0. The topological polar surface area (TPSA) is 50.9 Å². The SMILES string of the molecule is NC(=S)c1cc(Cl)ccc1NCCc1nccs1. The van der Waals surface area contributed by atoms with Gasteiger partial charge in [-0.05, 0) is 18.2 Å². The van der Waals surface area contributed by atoms with Crippen LogP contribution in [0.3, 0.4) is 0 Å². The van der Waals surface area contributed by atoms with Crippen LogP contribution in [-0.2, 0) is 6.42 Å². The van der Waals surface area contributed by atoms with E-state index in [0.29, 0.717) is 10.0 Å². The molecule has 0 amide bonds. The molecule has 0 saturated heterocycles. The second-order valence-corrected chi connectivity index (χ2v) is 5.51. The van der Waals surface area contributed by atoms with E-state index in [1.54, 1.807) is 17.4 Å². The summed E-state index contributed by atoms with van der Waals surface area (Å²) in [6.07, 6.45) is 2.68. The summed E-state index contributed by atoms with van der Waals surface area (Å²) in [5.41, 5.74) is 7.35. The molecule has 2 rings (SSSR count). The summed E-state index contributed by atoms with van der Waals surface area (Å²) in [7, 11) is 0. The number of benzene rings is 1. The van der Waals surface area contributed by atoms with Crippen molar-refractivity contribution in [1.29, 1.82) is 0 Å². The van der Waals surface area contributed by atoms with E-state index in [2.05, 4.69) is 10.3 Å². The highest BCUT2D eigenvalue weighted by atomic mass is 35.5. The summed E-state index contributed by atoms with van der Waals surface area (Å²) in [4.78, 5) is 4.57. The molecular weight excluding hydrogens is 286 g/mol. The number of halogens is 1. The first-order valence-corrected chi connectivity index (χ1v) is 7.05. The number of thiocarbonyl (C=S) groups is 1. The van der Waals surface area contributed by atoms with Crippen molar-refractivity contribution in [2.24, 2.45) is 5.73 Å². The Morgan fingerprint density at radius 1 is 1.50 bits per heavy atom. The summed E-state index contributed by atoms with van der Waals surface area (Å²) in [6, 6.07) is 5.48. The van der Waals surface area contributed by atoms with Crippen molar-refractivity contribution < 1.29 is 0 Å². The van der Waals surface area contributed by atoms with Gasteiger partial charge in [0.1, 0.15) is 4.99 Å². The molecule has 0 atom stereocenters. The van der Waals surface area contributed by atoms with Gasteiger partial charge in [0.2, 0.25) is 0 Å². The molecule has 0 fully saturated rings. The number of anilines is 1. The Labute approximate surface area is 120 Å². The van der Waals surface area contributed by atoms with Crippen molar-refractivity contribution in [1.82, 2.24) is 4.98 Å². The molecule has 18 heavy (non-hydrogen) atoms. The van der Waals surface area contributed by atoms with Crippen LogP contribution in [0.1, 0.15) is 10.6 Å². The van der Waals surface area contributed by atoms with Crippen LogP contribution in [0.4, 0.5) is 5.69 Å². The van der Waals surface area contributed by atoms with Gasteiger partial charge in [0.15, 0.2) is 0 Å². The molecule has 0 aliphatic heterocycles. The van der Waals surface area contributed by atoms with Gasteiger partial charge in [-0.2, -0.15) is 0 Å². The molecule has 0 aliphatic carbocycles. The van der Waals surface area contributed by atoms with Gasteiger partial charge in [0.05, 0.1) is 5.01 Å². The molecule has 1 aromatic carbocycles. The zero-order valence-electron chi connectivity index (χ0n) is 9.52. The normalized spacial score (nSPS) is 10.3. The minimum absolute atomic E-state index is 0.342. The first-order chi connectivity index (χ1) is 8.66. The fourth-order valence-electron chi connectivity index (χ4n) is 1.56. The summed E-state index contributed by atoms with van der Waals surface area (Å²) < 4.78 is 0. The van der Waals surface area contributed by atoms with E-state index in [0.717, 1.165) is 29.2 Å². The predicted molar refractivity (Wildman–Crippen MR) is 81.6 cm³/mol. The van der Waals surface area contributed by atoms with E-state index in [1.165, 1.54) is 0 Å². The zero-order valence-corrected chi connectivity index (χ0v) is 11.9. The van der Waals surface area contributed by atoms with Crippen LogP contribution in [-0.4, -0.2) is 16.5 Å². The number of hydrogen-bond acceptors (Lipinski definition) is 4.